The van der Waals surface area contributed by atoms with Crippen LogP contribution in [0, 0.1) is 11.7 Å². The topological polar surface area (TPSA) is 62.3 Å². The number of hydrogen-bond donors (Lipinski definition) is 1. The van der Waals surface area contributed by atoms with Crippen LogP contribution in [0.4, 0.5) is 18.9 Å². The van der Waals surface area contributed by atoms with Gasteiger partial charge >= 0.3 is 0 Å². The molecule has 176 valence electrons. The number of hydrogen-bond acceptors (Lipinski definition) is 3. The van der Waals surface area contributed by atoms with Crippen molar-refractivity contribution in [2.45, 2.75) is 12.3 Å². The van der Waals surface area contributed by atoms with Crippen molar-refractivity contribution in [2.75, 3.05) is 18.4 Å². The summed E-state index contributed by atoms with van der Waals surface area (Å²) in [5.74, 6) is -6.99. The van der Waals surface area contributed by atoms with E-state index < -0.39 is 42.4 Å². The lowest BCUT2D eigenvalue weighted by Crippen LogP contribution is -2.52. The normalized spacial score (nSPS) is 17.3. The van der Waals surface area contributed by atoms with Crippen LogP contribution in [0.5, 0.6) is 0 Å². The number of benzene rings is 2. The number of nitrogens with zero attached hydrogens (tertiary/aromatic N) is 2. The van der Waals surface area contributed by atoms with Gasteiger partial charge in [0.1, 0.15) is 11.0 Å². The van der Waals surface area contributed by atoms with E-state index in [0.717, 1.165) is 11.0 Å². The Bertz CT molecular complexity index is 1260. The van der Waals surface area contributed by atoms with Gasteiger partial charge in [0.05, 0.1) is 18.0 Å². The Balaban J connectivity index is 1.57. The fourth-order valence-electron chi connectivity index (χ4n) is 3.86. The molecular weight excluding hydrogens is 490 g/mol. The van der Waals surface area contributed by atoms with Gasteiger partial charge in [0.25, 0.3) is 11.8 Å². The average Bonchev–Trinajstić information content (AvgIpc) is 2.78. The number of aromatic nitrogens is 1. The van der Waals surface area contributed by atoms with Gasteiger partial charge in [0.15, 0.2) is 0 Å². The predicted octanol–water partition coefficient (Wildman–Crippen LogP) is 5.93. The molecule has 1 aliphatic heterocycles. The fraction of sp³-hybridized carbons (Fsp3) is 0.208. The third kappa shape index (κ3) is 5.51. The molecule has 1 unspecified atom stereocenters. The van der Waals surface area contributed by atoms with Gasteiger partial charge in [-0.3, -0.25) is 9.59 Å². The Hall–Kier alpha value is -3.10. The van der Waals surface area contributed by atoms with Gasteiger partial charge in [0, 0.05) is 29.9 Å². The molecular formula is C24H18Cl2F3N3O2. The number of alkyl halides is 2. The summed E-state index contributed by atoms with van der Waals surface area (Å²) in [4.78, 5) is 30.5. The molecule has 0 saturated carbocycles. The predicted molar refractivity (Wildman–Crippen MR) is 124 cm³/mol. The maximum atomic E-state index is 14.6. The molecule has 2 heterocycles. The van der Waals surface area contributed by atoms with E-state index in [1.54, 1.807) is 24.3 Å². The number of piperidine rings is 1. The molecule has 34 heavy (non-hydrogen) atoms. The zero-order valence-corrected chi connectivity index (χ0v) is 19.1. The molecule has 1 saturated heterocycles. The second-order valence-corrected chi connectivity index (χ2v) is 8.83. The van der Waals surface area contributed by atoms with E-state index in [4.69, 9.17) is 23.2 Å². The van der Waals surface area contributed by atoms with Crippen molar-refractivity contribution in [1.82, 2.24) is 9.88 Å². The van der Waals surface area contributed by atoms with Crippen molar-refractivity contribution < 1.29 is 22.8 Å². The highest BCUT2D eigenvalue weighted by molar-refractivity contribution is 6.31. The average molecular weight is 508 g/mol. The summed E-state index contributed by atoms with van der Waals surface area (Å²) >= 11 is 11.8. The zero-order valence-electron chi connectivity index (χ0n) is 17.6. The minimum absolute atomic E-state index is 0.207. The summed E-state index contributed by atoms with van der Waals surface area (Å²) in [7, 11) is 0. The number of nitrogens with one attached hydrogen (secondary N) is 1. The second-order valence-electron chi connectivity index (χ2n) is 8.00. The highest BCUT2D eigenvalue weighted by Gasteiger charge is 2.45. The number of pyridine rings is 1. The Kier molecular flexibility index (Phi) is 6.81. The first kappa shape index (κ1) is 24.0. The molecule has 0 spiro atoms. The van der Waals surface area contributed by atoms with Crippen molar-refractivity contribution in [1.29, 1.82) is 0 Å². The first-order chi connectivity index (χ1) is 16.1. The van der Waals surface area contributed by atoms with Gasteiger partial charge in [-0.1, -0.05) is 35.3 Å². The number of carbonyl (C=O) groups excluding carboxylic acids is 2. The molecule has 1 fully saturated rings. The summed E-state index contributed by atoms with van der Waals surface area (Å²) in [6, 6.07) is 13.2. The quantitative estimate of drug-likeness (QED) is 0.445. The Morgan fingerprint density at radius 1 is 1.06 bits per heavy atom. The van der Waals surface area contributed by atoms with E-state index >= 15 is 0 Å². The first-order valence-electron chi connectivity index (χ1n) is 10.3. The monoisotopic (exact) mass is 507 g/mol. The van der Waals surface area contributed by atoms with Crippen molar-refractivity contribution in [3.63, 3.8) is 0 Å². The van der Waals surface area contributed by atoms with Gasteiger partial charge in [-0.05, 0) is 53.6 Å². The van der Waals surface area contributed by atoms with Gasteiger partial charge < -0.3 is 10.2 Å². The van der Waals surface area contributed by atoms with Crippen LogP contribution in [0.2, 0.25) is 10.2 Å². The maximum Gasteiger partial charge on any atom is 0.266 e. The van der Waals surface area contributed by atoms with Crippen molar-refractivity contribution >= 4 is 40.7 Å². The number of halogens is 5. The van der Waals surface area contributed by atoms with Crippen LogP contribution >= 0.6 is 23.2 Å². The highest BCUT2D eigenvalue weighted by Crippen LogP contribution is 2.33. The lowest BCUT2D eigenvalue weighted by molar-refractivity contribution is -0.130. The molecule has 5 nitrogen and oxygen atoms in total. The van der Waals surface area contributed by atoms with Gasteiger partial charge in [-0.2, -0.15) is 0 Å². The third-order valence-corrected chi connectivity index (χ3v) is 5.86. The van der Waals surface area contributed by atoms with E-state index in [2.05, 4.69) is 10.3 Å². The number of carbonyl (C=O) groups is 2. The summed E-state index contributed by atoms with van der Waals surface area (Å²) in [5.41, 5.74) is 1.01. The summed E-state index contributed by atoms with van der Waals surface area (Å²) in [6.07, 6.45) is 0.720. The summed E-state index contributed by atoms with van der Waals surface area (Å²) in [5, 5.41) is 3.13. The molecule has 1 N–H and O–H groups in total. The van der Waals surface area contributed by atoms with Crippen molar-refractivity contribution in [2.24, 2.45) is 5.92 Å². The minimum atomic E-state index is -3.32. The third-order valence-electron chi connectivity index (χ3n) is 5.41. The molecule has 0 bridgehead atoms. The van der Waals surface area contributed by atoms with Gasteiger partial charge in [0.2, 0.25) is 5.91 Å². The van der Waals surface area contributed by atoms with E-state index in [9.17, 15) is 22.8 Å². The Morgan fingerprint density at radius 3 is 2.56 bits per heavy atom. The van der Waals surface area contributed by atoms with Crippen molar-refractivity contribution in [3.8, 4) is 11.1 Å². The Labute approximate surface area is 203 Å². The van der Waals surface area contributed by atoms with E-state index in [-0.39, 0.29) is 17.3 Å². The Morgan fingerprint density at radius 2 is 1.82 bits per heavy atom. The second kappa shape index (κ2) is 9.64. The summed E-state index contributed by atoms with van der Waals surface area (Å²) in [6.45, 7) is -1.21. The van der Waals surface area contributed by atoms with E-state index in [1.165, 1.54) is 30.5 Å². The van der Waals surface area contributed by atoms with Crippen LogP contribution in [0.25, 0.3) is 11.1 Å². The zero-order chi connectivity index (χ0) is 24.5. The lowest BCUT2D eigenvalue weighted by atomic mass is 9.93. The van der Waals surface area contributed by atoms with Crippen LogP contribution in [0.3, 0.4) is 0 Å². The largest absolute Gasteiger partial charge is 0.332 e. The molecule has 2 aromatic carbocycles. The van der Waals surface area contributed by atoms with Crippen molar-refractivity contribution in [3.05, 3.63) is 82.4 Å². The molecule has 1 atom stereocenters. The molecule has 10 heteroatoms. The molecule has 1 aromatic heterocycles. The van der Waals surface area contributed by atoms with Gasteiger partial charge in [-0.25, -0.2) is 18.2 Å². The van der Waals surface area contributed by atoms with E-state index in [0.29, 0.717) is 21.8 Å². The number of rotatable bonds is 4. The molecule has 0 radical (unpaired) electrons. The fourth-order valence-corrected chi connectivity index (χ4v) is 4.23. The van der Waals surface area contributed by atoms with E-state index in [1.807, 2.05) is 0 Å². The van der Waals surface area contributed by atoms with Crippen LogP contribution in [0.15, 0.2) is 60.8 Å². The minimum Gasteiger partial charge on any atom is -0.332 e. The van der Waals surface area contributed by atoms with Crippen LogP contribution in [-0.4, -0.2) is 40.7 Å². The first-order valence-corrected chi connectivity index (χ1v) is 11.0. The van der Waals surface area contributed by atoms with Crippen LogP contribution in [-0.2, 0) is 4.79 Å². The maximum absolute atomic E-state index is 14.6. The smallest absolute Gasteiger partial charge is 0.266 e. The molecule has 2 amide bonds. The summed E-state index contributed by atoms with van der Waals surface area (Å²) < 4.78 is 43.6. The number of anilines is 1. The SMILES string of the molecule is O=C(Nc1cccc(Cl)c1)C1CN(C(=O)c2cc(-c3ccnc(Cl)c3)ccc2F)CC(F)(F)C1. The molecule has 4 rings (SSSR count). The highest BCUT2D eigenvalue weighted by atomic mass is 35.5. The molecule has 1 aliphatic rings. The standard InChI is InChI=1S/C24H18Cl2F3N3O2/c25-17-2-1-3-18(10-17)31-22(33)16-11-24(28,29)13-32(12-16)23(34)19-8-14(4-5-20(19)27)15-6-7-30-21(26)9-15/h1-10,16H,11-13H2,(H,31,33). The molecule has 3 aromatic rings. The number of amides is 2. The molecule has 0 aliphatic carbocycles. The van der Waals surface area contributed by atoms with Gasteiger partial charge in [-0.15, -0.1) is 0 Å². The number of likely N-dealkylation sites (tertiary alicyclic amines) is 1. The van der Waals surface area contributed by atoms with Crippen LogP contribution in [0.1, 0.15) is 16.8 Å². The lowest BCUT2D eigenvalue weighted by Gasteiger charge is -2.37. The van der Waals surface area contributed by atoms with Crippen LogP contribution < -0.4 is 5.32 Å².